The zero-order valence-electron chi connectivity index (χ0n) is 15.2. The fraction of sp³-hybridized carbons (Fsp3) is 0.294. The van der Waals surface area contributed by atoms with E-state index in [1.165, 1.54) is 12.1 Å². The molecule has 3 rings (SSSR count). The molecule has 2 N–H and O–H groups in total. The second-order valence-electron chi connectivity index (χ2n) is 6.41. The van der Waals surface area contributed by atoms with Gasteiger partial charge in [-0.3, -0.25) is 15.0 Å². The first-order chi connectivity index (χ1) is 14.1. The molecular weight excluding hydrogens is 466 g/mol. The van der Waals surface area contributed by atoms with Crippen LogP contribution in [-0.4, -0.2) is 41.1 Å². The lowest BCUT2D eigenvalue weighted by Crippen LogP contribution is -2.51. The molecule has 0 unspecified atom stereocenters. The molecule has 1 aromatic heterocycles. The van der Waals surface area contributed by atoms with Gasteiger partial charge in [-0.25, -0.2) is 4.98 Å². The van der Waals surface area contributed by atoms with Crippen molar-refractivity contribution in [3.63, 3.8) is 0 Å². The Bertz CT molecular complexity index is 984. The standard InChI is InChI=1S/C17H14Cl2F3N5O2S/c18-12-2-1-11(8-14(12)27(28)29)24-16(30)26-5-3-25(4-6-26)15-13(19)7-10(9-23-15)17(20,21)22/h1-2,7-9H,3-6H2,(H,24,30)/p+1. The predicted molar refractivity (Wildman–Crippen MR) is 111 cm³/mol. The van der Waals surface area contributed by atoms with Crippen molar-refractivity contribution >= 4 is 57.7 Å². The lowest BCUT2D eigenvalue weighted by atomic mass is 10.2. The van der Waals surface area contributed by atoms with Crippen LogP contribution in [0.1, 0.15) is 5.56 Å². The highest BCUT2D eigenvalue weighted by atomic mass is 35.5. The molecule has 0 aliphatic carbocycles. The molecule has 13 heteroatoms. The number of nitro benzene ring substituents is 1. The fourth-order valence-corrected chi connectivity index (χ4v) is 3.71. The van der Waals surface area contributed by atoms with E-state index in [-0.39, 0.29) is 15.7 Å². The van der Waals surface area contributed by atoms with Crippen molar-refractivity contribution in [2.24, 2.45) is 0 Å². The van der Waals surface area contributed by atoms with E-state index >= 15 is 0 Å². The second-order valence-corrected chi connectivity index (χ2v) is 7.61. The molecule has 1 aromatic carbocycles. The molecule has 2 aromatic rings. The number of nitrogens with one attached hydrogen (secondary N) is 2. The van der Waals surface area contributed by atoms with Crippen LogP contribution >= 0.6 is 35.4 Å². The lowest BCUT2D eigenvalue weighted by Gasteiger charge is -2.33. The highest BCUT2D eigenvalue weighted by molar-refractivity contribution is 7.80. The molecule has 160 valence electrons. The maximum Gasteiger partial charge on any atom is 0.419 e. The number of aromatic nitrogens is 1. The normalized spacial score (nSPS) is 14.6. The monoisotopic (exact) mass is 480 g/mol. The minimum absolute atomic E-state index is 0.0209. The summed E-state index contributed by atoms with van der Waals surface area (Å²) in [6, 6.07) is 5.17. The maximum absolute atomic E-state index is 12.8. The Morgan fingerprint density at radius 3 is 2.40 bits per heavy atom. The van der Waals surface area contributed by atoms with Crippen LogP contribution in [0, 0.1) is 10.1 Å². The first kappa shape index (κ1) is 22.3. The van der Waals surface area contributed by atoms with Gasteiger partial charge in [0.1, 0.15) is 29.3 Å². The molecule has 7 nitrogen and oxygen atoms in total. The third kappa shape index (κ3) is 5.02. The fourth-order valence-electron chi connectivity index (χ4n) is 2.93. The Morgan fingerprint density at radius 2 is 1.83 bits per heavy atom. The molecule has 0 atom stereocenters. The summed E-state index contributed by atoms with van der Waals surface area (Å²) in [6.07, 6.45) is -3.60. The van der Waals surface area contributed by atoms with Gasteiger partial charge in [0, 0.05) is 11.8 Å². The smallest absolute Gasteiger partial charge is 0.341 e. The first-order valence-corrected chi connectivity index (χ1v) is 9.76. The zero-order chi connectivity index (χ0) is 22.1. The van der Waals surface area contributed by atoms with Gasteiger partial charge < -0.3 is 10.2 Å². The van der Waals surface area contributed by atoms with Gasteiger partial charge in [-0.05, 0) is 30.4 Å². The Hall–Kier alpha value is -2.37. The van der Waals surface area contributed by atoms with Gasteiger partial charge in [0.2, 0.25) is 0 Å². The van der Waals surface area contributed by atoms with E-state index in [1.807, 2.05) is 9.80 Å². The van der Waals surface area contributed by atoms with Crippen LogP contribution in [-0.2, 0) is 6.18 Å². The van der Waals surface area contributed by atoms with Crippen LogP contribution in [0.25, 0.3) is 0 Å². The number of pyridine rings is 1. The summed E-state index contributed by atoms with van der Waals surface area (Å²) in [6.45, 7) is 1.88. The van der Waals surface area contributed by atoms with Crippen LogP contribution in [0.2, 0.25) is 10.0 Å². The molecule has 1 aliphatic heterocycles. The van der Waals surface area contributed by atoms with Gasteiger partial charge in [-0.1, -0.05) is 23.2 Å². The van der Waals surface area contributed by atoms with Gasteiger partial charge in [-0.2, -0.15) is 13.2 Å². The largest absolute Gasteiger partial charge is 0.419 e. The number of thiocarbonyl (C=S) groups is 1. The summed E-state index contributed by atoms with van der Waals surface area (Å²) in [5, 5.41) is 14.3. The average molecular weight is 481 g/mol. The van der Waals surface area contributed by atoms with E-state index in [0.717, 1.165) is 12.3 Å². The van der Waals surface area contributed by atoms with Crippen molar-refractivity contribution < 1.29 is 23.1 Å². The summed E-state index contributed by atoms with van der Waals surface area (Å²) in [4.78, 5) is 16.7. The third-order valence-corrected chi connectivity index (χ3v) is 5.45. The molecular formula is C17H15Cl2F3N5O2S+. The predicted octanol–water partition coefficient (Wildman–Crippen LogP) is 4.25. The summed E-state index contributed by atoms with van der Waals surface area (Å²) in [5.41, 5.74) is -0.656. The molecule has 1 fully saturated rings. The van der Waals surface area contributed by atoms with Gasteiger partial charge in [0.25, 0.3) is 11.5 Å². The van der Waals surface area contributed by atoms with Crippen molar-refractivity contribution in [2.75, 3.05) is 36.4 Å². The Morgan fingerprint density at radius 1 is 1.17 bits per heavy atom. The third-order valence-electron chi connectivity index (χ3n) is 4.48. The summed E-state index contributed by atoms with van der Waals surface area (Å²) >= 11 is 17.2. The number of hydrogen-bond donors (Lipinski definition) is 1. The van der Waals surface area contributed by atoms with Crippen molar-refractivity contribution in [3.05, 3.63) is 56.2 Å². The molecule has 0 saturated carbocycles. The molecule has 0 bridgehead atoms. The summed E-state index contributed by atoms with van der Waals surface area (Å²) in [7, 11) is 0. The Labute approximate surface area is 184 Å². The van der Waals surface area contributed by atoms with Gasteiger partial charge in [0.15, 0.2) is 5.11 Å². The van der Waals surface area contributed by atoms with E-state index in [2.05, 4.69) is 10.3 Å². The van der Waals surface area contributed by atoms with E-state index in [0.29, 0.717) is 42.8 Å². The molecule has 0 radical (unpaired) electrons. The quantitative estimate of drug-likeness (QED) is 0.402. The molecule has 0 spiro atoms. The Kier molecular flexibility index (Phi) is 6.53. The highest BCUT2D eigenvalue weighted by Crippen LogP contribution is 2.32. The van der Waals surface area contributed by atoms with Crippen molar-refractivity contribution in [2.45, 2.75) is 6.18 Å². The molecule has 1 saturated heterocycles. The number of alkyl halides is 3. The number of piperazine rings is 1. The van der Waals surface area contributed by atoms with Crippen LogP contribution in [0.15, 0.2) is 30.5 Å². The van der Waals surface area contributed by atoms with Gasteiger partial charge >= 0.3 is 6.18 Å². The summed E-state index contributed by atoms with van der Waals surface area (Å²) < 4.78 is 38.4. The summed E-state index contributed by atoms with van der Waals surface area (Å²) in [5.74, 6) is 0.400. The minimum atomic E-state index is -4.48. The van der Waals surface area contributed by atoms with Crippen LogP contribution in [0.4, 0.5) is 30.4 Å². The van der Waals surface area contributed by atoms with Crippen molar-refractivity contribution in [1.29, 1.82) is 0 Å². The van der Waals surface area contributed by atoms with Gasteiger partial charge in [-0.15, -0.1) is 0 Å². The number of benzene rings is 1. The van der Waals surface area contributed by atoms with E-state index in [9.17, 15) is 23.3 Å². The molecule has 0 amide bonds. The van der Waals surface area contributed by atoms with E-state index < -0.39 is 16.7 Å². The molecule has 2 heterocycles. The minimum Gasteiger partial charge on any atom is -0.341 e. The van der Waals surface area contributed by atoms with Crippen LogP contribution in [0.3, 0.4) is 0 Å². The number of hydrogen-bond acceptors (Lipinski definition) is 4. The number of aromatic amines is 1. The molecule has 30 heavy (non-hydrogen) atoms. The van der Waals surface area contributed by atoms with Crippen LogP contribution < -0.4 is 15.2 Å². The van der Waals surface area contributed by atoms with Crippen molar-refractivity contribution in [1.82, 2.24) is 4.90 Å². The van der Waals surface area contributed by atoms with Crippen molar-refractivity contribution in [3.8, 4) is 0 Å². The Balaban J connectivity index is 1.62. The number of nitrogens with zero attached hydrogens (tertiary/aromatic N) is 3. The van der Waals surface area contributed by atoms with Gasteiger partial charge in [0.05, 0.1) is 23.6 Å². The number of nitro groups is 1. The first-order valence-electron chi connectivity index (χ1n) is 8.59. The number of halogens is 5. The topological polar surface area (TPSA) is 75.8 Å². The maximum atomic E-state index is 12.8. The van der Waals surface area contributed by atoms with E-state index in [4.69, 9.17) is 35.4 Å². The number of anilines is 2. The number of H-pyrrole nitrogens is 1. The number of rotatable bonds is 3. The second kappa shape index (κ2) is 8.78. The highest BCUT2D eigenvalue weighted by Gasteiger charge is 2.34. The van der Waals surface area contributed by atoms with Crippen LogP contribution in [0.5, 0.6) is 0 Å². The SMILES string of the molecule is O=[N+]([O-])c1cc(NC(=S)N2CCN(c3[nH+]cc(C(F)(F)F)cc3Cl)CC2)ccc1Cl. The average Bonchev–Trinajstić information content (AvgIpc) is 2.68. The zero-order valence-corrected chi connectivity index (χ0v) is 17.5. The van der Waals surface area contributed by atoms with E-state index in [1.54, 1.807) is 6.07 Å². The molecule has 1 aliphatic rings. The lowest BCUT2D eigenvalue weighted by molar-refractivity contribution is -0.384.